The summed E-state index contributed by atoms with van der Waals surface area (Å²) in [5, 5.41) is 2.91. The van der Waals surface area contributed by atoms with Gasteiger partial charge in [-0.3, -0.25) is 9.52 Å². The Kier molecular flexibility index (Phi) is 6.03. The van der Waals surface area contributed by atoms with Crippen LogP contribution >= 0.6 is 0 Å². The number of rotatable bonds is 6. The van der Waals surface area contributed by atoms with Gasteiger partial charge in [0.1, 0.15) is 0 Å². The Morgan fingerprint density at radius 1 is 0.862 bits per heavy atom. The van der Waals surface area contributed by atoms with Gasteiger partial charge >= 0.3 is 0 Å². The quantitative estimate of drug-likeness (QED) is 0.626. The third-order valence-electron chi connectivity index (χ3n) is 4.64. The fourth-order valence-corrected chi connectivity index (χ4v) is 3.96. The van der Waals surface area contributed by atoms with E-state index in [9.17, 15) is 13.2 Å². The van der Waals surface area contributed by atoms with Crippen molar-refractivity contribution < 1.29 is 13.2 Å². The molecule has 0 radical (unpaired) electrons. The summed E-state index contributed by atoms with van der Waals surface area (Å²) < 4.78 is 27.9. The van der Waals surface area contributed by atoms with Gasteiger partial charge in [0.15, 0.2) is 0 Å². The Balaban J connectivity index is 1.76. The van der Waals surface area contributed by atoms with Gasteiger partial charge in [-0.15, -0.1) is 0 Å². The zero-order chi connectivity index (χ0) is 21.0. The third kappa shape index (κ3) is 5.23. The molecule has 1 atom stereocenters. The first kappa shape index (κ1) is 20.6. The summed E-state index contributed by atoms with van der Waals surface area (Å²) in [5.74, 6) is -0.328. The van der Waals surface area contributed by atoms with E-state index in [4.69, 9.17) is 0 Å². The number of hydrogen-bond acceptors (Lipinski definition) is 3. The highest BCUT2D eigenvalue weighted by Crippen LogP contribution is 2.19. The van der Waals surface area contributed by atoms with Crippen LogP contribution in [0.15, 0.2) is 77.7 Å². The number of carbonyl (C=O) groups excluding carboxylic acids is 1. The average Bonchev–Trinajstić information content (AvgIpc) is 2.70. The number of nitrogens with one attached hydrogen (secondary N) is 2. The van der Waals surface area contributed by atoms with E-state index in [1.165, 1.54) is 12.1 Å². The summed E-state index contributed by atoms with van der Waals surface area (Å²) in [4.78, 5) is 12.7. The Morgan fingerprint density at radius 3 is 2.07 bits per heavy atom. The molecule has 6 heteroatoms. The van der Waals surface area contributed by atoms with Crippen LogP contribution in [0, 0.1) is 13.8 Å². The van der Waals surface area contributed by atoms with Crippen LogP contribution in [0.4, 0.5) is 5.69 Å². The van der Waals surface area contributed by atoms with Crippen LogP contribution < -0.4 is 10.0 Å². The van der Waals surface area contributed by atoms with Gasteiger partial charge in [-0.1, -0.05) is 53.6 Å². The number of hydrogen-bond donors (Lipinski definition) is 2. The largest absolute Gasteiger partial charge is 0.346 e. The van der Waals surface area contributed by atoms with Crippen molar-refractivity contribution in [1.82, 2.24) is 5.32 Å². The Morgan fingerprint density at radius 2 is 1.45 bits per heavy atom. The van der Waals surface area contributed by atoms with E-state index in [0.29, 0.717) is 5.69 Å². The molecule has 0 aliphatic carbocycles. The standard InChI is InChI=1S/C23H24N2O3S/c1-16-7-11-19(12-8-16)18(3)24-23(26)20-5-4-6-22(15-20)29(27,28)25-21-13-9-17(2)10-14-21/h4-15,18,25H,1-3H3,(H,24,26)/t18-/m1/s1. The first-order valence-corrected chi connectivity index (χ1v) is 10.8. The molecule has 0 fully saturated rings. The van der Waals surface area contributed by atoms with E-state index in [-0.39, 0.29) is 22.4 Å². The molecule has 0 unspecified atom stereocenters. The van der Waals surface area contributed by atoms with Crippen molar-refractivity contribution >= 4 is 21.6 Å². The van der Waals surface area contributed by atoms with Gasteiger partial charge in [-0.2, -0.15) is 0 Å². The molecule has 150 valence electrons. The maximum atomic E-state index is 12.7. The van der Waals surface area contributed by atoms with Gasteiger partial charge < -0.3 is 5.32 Å². The second kappa shape index (κ2) is 8.49. The lowest BCUT2D eigenvalue weighted by atomic mass is 10.1. The van der Waals surface area contributed by atoms with Gasteiger partial charge in [0.05, 0.1) is 10.9 Å². The van der Waals surface area contributed by atoms with Crippen LogP contribution in [0.5, 0.6) is 0 Å². The van der Waals surface area contributed by atoms with E-state index < -0.39 is 10.0 Å². The molecule has 0 aromatic heterocycles. The third-order valence-corrected chi connectivity index (χ3v) is 6.01. The predicted octanol–water partition coefficient (Wildman–Crippen LogP) is 4.60. The minimum atomic E-state index is -3.80. The molecule has 3 rings (SSSR count). The number of aryl methyl sites for hydroxylation is 2. The van der Waals surface area contributed by atoms with Gasteiger partial charge in [-0.05, 0) is 56.7 Å². The summed E-state index contributed by atoms with van der Waals surface area (Å²) in [5.41, 5.74) is 3.92. The molecule has 0 bridgehead atoms. The van der Waals surface area contributed by atoms with Crippen LogP contribution in [0.1, 0.15) is 40.0 Å². The zero-order valence-electron chi connectivity index (χ0n) is 16.6. The second-order valence-electron chi connectivity index (χ2n) is 7.11. The summed E-state index contributed by atoms with van der Waals surface area (Å²) >= 11 is 0. The van der Waals surface area contributed by atoms with Gasteiger partial charge in [0.25, 0.3) is 15.9 Å². The summed E-state index contributed by atoms with van der Waals surface area (Å²) in [6, 6.07) is 20.8. The SMILES string of the molecule is Cc1ccc(NS(=O)(=O)c2cccc(C(=O)N[C@H](C)c3ccc(C)cc3)c2)cc1. The van der Waals surface area contributed by atoms with Crippen molar-refractivity contribution in [1.29, 1.82) is 0 Å². The van der Waals surface area contributed by atoms with Crippen LogP contribution in [-0.4, -0.2) is 14.3 Å². The minimum absolute atomic E-state index is 0.0358. The van der Waals surface area contributed by atoms with Crippen LogP contribution in [0.25, 0.3) is 0 Å². The van der Waals surface area contributed by atoms with E-state index in [0.717, 1.165) is 16.7 Å². The highest BCUT2D eigenvalue weighted by Gasteiger charge is 2.18. The molecule has 0 aliphatic rings. The molecular weight excluding hydrogens is 384 g/mol. The lowest BCUT2D eigenvalue weighted by Crippen LogP contribution is -2.27. The predicted molar refractivity (Wildman–Crippen MR) is 115 cm³/mol. The molecular formula is C23H24N2O3S. The topological polar surface area (TPSA) is 75.3 Å². The molecule has 0 saturated carbocycles. The van der Waals surface area contributed by atoms with Crippen molar-refractivity contribution in [3.05, 3.63) is 95.1 Å². The zero-order valence-corrected chi connectivity index (χ0v) is 17.5. The molecule has 29 heavy (non-hydrogen) atoms. The second-order valence-corrected chi connectivity index (χ2v) is 8.79. The molecule has 0 saturated heterocycles. The molecule has 3 aromatic rings. The number of anilines is 1. The molecule has 1 amide bonds. The number of sulfonamides is 1. The Hall–Kier alpha value is -3.12. The van der Waals surface area contributed by atoms with Crippen molar-refractivity contribution in [3.8, 4) is 0 Å². The number of benzene rings is 3. The van der Waals surface area contributed by atoms with Crippen LogP contribution in [0.3, 0.4) is 0 Å². The van der Waals surface area contributed by atoms with Crippen molar-refractivity contribution in [2.45, 2.75) is 31.7 Å². The van der Waals surface area contributed by atoms with Gasteiger partial charge in [0.2, 0.25) is 0 Å². The van der Waals surface area contributed by atoms with E-state index >= 15 is 0 Å². The number of carbonyl (C=O) groups is 1. The molecule has 0 heterocycles. The van der Waals surface area contributed by atoms with E-state index in [1.54, 1.807) is 24.3 Å². The van der Waals surface area contributed by atoms with Crippen molar-refractivity contribution in [2.24, 2.45) is 0 Å². The van der Waals surface area contributed by atoms with Crippen molar-refractivity contribution in [3.63, 3.8) is 0 Å². The van der Waals surface area contributed by atoms with E-state index in [2.05, 4.69) is 10.0 Å². The van der Waals surface area contributed by atoms with Crippen LogP contribution in [0.2, 0.25) is 0 Å². The lowest BCUT2D eigenvalue weighted by molar-refractivity contribution is 0.0939. The Bertz CT molecular complexity index is 1110. The highest BCUT2D eigenvalue weighted by atomic mass is 32.2. The fourth-order valence-electron chi connectivity index (χ4n) is 2.86. The van der Waals surface area contributed by atoms with Crippen molar-refractivity contribution in [2.75, 3.05) is 4.72 Å². The Labute approximate surface area is 171 Å². The fraction of sp³-hybridized carbons (Fsp3) is 0.174. The number of amides is 1. The van der Waals surface area contributed by atoms with Gasteiger partial charge in [0, 0.05) is 11.3 Å². The first-order valence-electron chi connectivity index (χ1n) is 9.31. The van der Waals surface area contributed by atoms with E-state index in [1.807, 2.05) is 57.2 Å². The smallest absolute Gasteiger partial charge is 0.261 e. The minimum Gasteiger partial charge on any atom is -0.346 e. The van der Waals surface area contributed by atoms with Gasteiger partial charge in [-0.25, -0.2) is 8.42 Å². The summed E-state index contributed by atoms with van der Waals surface area (Å²) in [6.07, 6.45) is 0. The van der Waals surface area contributed by atoms with Crippen LogP contribution in [-0.2, 0) is 10.0 Å². The first-order chi connectivity index (χ1) is 13.7. The maximum Gasteiger partial charge on any atom is 0.261 e. The summed E-state index contributed by atoms with van der Waals surface area (Å²) in [6.45, 7) is 5.82. The molecule has 0 aliphatic heterocycles. The monoisotopic (exact) mass is 408 g/mol. The lowest BCUT2D eigenvalue weighted by Gasteiger charge is -2.15. The highest BCUT2D eigenvalue weighted by molar-refractivity contribution is 7.92. The normalized spacial score (nSPS) is 12.2. The molecule has 3 aromatic carbocycles. The maximum absolute atomic E-state index is 12.7. The summed E-state index contributed by atoms with van der Waals surface area (Å²) in [7, 11) is -3.80. The molecule has 2 N–H and O–H groups in total. The molecule has 5 nitrogen and oxygen atoms in total. The average molecular weight is 409 g/mol. The molecule has 0 spiro atoms.